The van der Waals surface area contributed by atoms with Gasteiger partial charge >= 0.3 is 0 Å². The molecule has 4 heteroatoms. The first kappa shape index (κ1) is 9.55. The minimum atomic E-state index is -0.145. The summed E-state index contributed by atoms with van der Waals surface area (Å²) in [5.41, 5.74) is 6.85. The zero-order valence-electron chi connectivity index (χ0n) is 8.26. The number of nitrogens with two attached hydrogens (primary N) is 1. The van der Waals surface area contributed by atoms with Crippen LogP contribution in [0.3, 0.4) is 0 Å². The maximum atomic E-state index is 6.04. The van der Waals surface area contributed by atoms with E-state index in [-0.39, 0.29) is 12.1 Å². The van der Waals surface area contributed by atoms with E-state index < -0.39 is 0 Å². The third kappa shape index (κ3) is 1.91. The summed E-state index contributed by atoms with van der Waals surface area (Å²) in [7, 11) is 0. The Morgan fingerprint density at radius 2 is 2.36 bits per heavy atom. The van der Waals surface area contributed by atoms with Crippen LogP contribution in [0.4, 0.5) is 0 Å². The molecular formula is C10H15N3O. The van der Waals surface area contributed by atoms with Gasteiger partial charge in [-0.3, -0.25) is 9.97 Å². The highest BCUT2D eigenvalue weighted by molar-refractivity contribution is 5.04. The van der Waals surface area contributed by atoms with Gasteiger partial charge in [0, 0.05) is 12.4 Å². The summed E-state index contributed by atoms with van der Waals surface area (Å²) >= 11 is 0. The molecule has 2 rings (SSSR count). The average Bonchev–Trinajstić information content (AvgIpc) is 2.65. The molecule has 0 bridgehead atoms. The van der Waals surface area contributed by atoms with E-state index in [1.807, 2.05) is 0 Å². The molecule has 1 aromatic heterocycles. The number of rotatable bonds is 2. The molecule has 3 unspecified atom stereocenters. The van der Waals surface area contributed by atoms with Crippen molar-refractivity contribution in [1.29, 1.82) is 0 Å². The number of nitrogens with zero attached hydrogens (tertiary/aromatic N) is 2. The number of ether oxygens (including phenoxy) is 1. The van der Waals surface area contributed by atoms with Gasteiger partial charge in [0.2, 0.25) is 0 Å². The lowest BCUT2D eigenvalue weighted by atomic mass is 10.1. The van der Waals surface area contributed by atoms with Crippen LogP contribution in [0.25, 0.3) is 0 Å². The molecule has 4 nitrogen and oxygen atoms in total. The van der Waals surface area contributed by atoms with Gasteiger partial charge in [-0.1, -0.05) is 0 Å². The van der Waals surface area contributed by atoms with Gasteiger partial charge in [0.25, 0.3) is 0 Å². The van der Waals surface area contributed by atoms with Crippen LogP contribution >= 0.6 is 0 Å². The molecule has 0 radical (unpaired) electrons. The third-order valence-electron chi connectivity index (χ3n) is 2.59. The highest BCUT2D eigenvalue weighted by Crippen LogP contribution is 2.27. The summed E-state index contributed by atoms with van der Waals surface area (Å²) in [5, 5.41) is 0. The van der Waals surface area contributed by atoms with Crippen LogP contribution in [0.2, 0.25) is 0 Å². The van der Waals surface area contributed by atoms with E-state index in [4.69, 9.17) is 10.5 Å². The van der Waals surface area contributed by atoms with Gasteiger partial charge in [-0.15, -0.1) is 0 Å². The van der Waals surface area contributed by atoms with E-state index >= 15 is 0 Å². The predicted octanol–water partition coefficient (Wildman–Crippen LogP) is 1.04. The lowest BCUT2D eigenvalue weighted by Crippen LogP contribution is -2.27. The van der Waals surface area contributed by atoms with Gasteiger partial charge in [0.15, 0.2) is 0 Å². The first-order valence-electron chi connectivity index (χ1n) is 4.94. The fourth-order valence-electron chi connectivity index (χ4n) is 1.77. The molecule has 1 aliphatic heterocycles. The number of hydrogen-bond acceptors (Lipinski definition) is 4. The summed E-state index contributed by atoms with van der Waals surface area (Å²) in [5.74, 6) is 0. The molecule has 0 spiro atoms. The molecule has 0 aliphatic carbocycles. The van der Waals surface area contributed by atoms with Crippen molar-refractivity contribution >= 4 is 0 Å². The monoisotopic (exact) mass is 193 g/mol. The second kappa shape index (κ2) is 4.02. The van der Waals surface area contributed by atoms with E-state index in [0.29, 0.717) is 6.10 Å². The van der Waals surface area contributed by atoms with Crippen LogP contribution in [0.15, 0.2) is 18.6 Å². The third-order valence-corrected chi connectivity index (χ3v) is 2.59. The summed E-state index contributed by atoms with van der Waals surface area (Å²) in [4.78, 5) is 8.18. The maximum absolute atomic E-state index is 6.04. The molecule has 0 amide bonds. The van der Waals surface area contributed by atoms with E-state index in [0.717, 1.165) is 18.5 Å². The molecule has 0 aromatic carbocycles. The lowest BCUT2D eigenvalue weighted by Gasteiger charge is -2.18. The summed E-state index contributed by atoms with van der Waals surface area (Å²) in [6.07, 6.45) is 7.53. The van der Waals surface area contributed by atoms with E-state index in [2.05, 4.69) is 16.9 Å². The molecule has 14 heavy (non-hydrogen) atoms. The summed E-state index contributed by atoms with van der Waals surface area (Å²) in [6.45, 7) is 2.07. The van der Waals surface area contributed by atoms with Gasteiger partial charge in [0.1, 0.15) is 0 Å². The number of aromatic nitrogens is 2. The van der Waals surface area contributed by atoms with Gasteiger partial charge in [-0.05, 0) is 19.8 Å². The van der Waals surface area contributed by atoms with Gasteiger partial charge in [0.05, 0.1) is 30.1 Å². The first-order valence-corrected chi connectivity index (χ1v) is 4.94. The standard InChI is InChI=1S/C10H15N3O/c1-7-2-3-9(14-7)10(11)8-6-12-4-5-13-8/h4-7,9-10H,2-3,11H2,1H3. The van der Waals surface area contributed by atoms with Gasteiger partial charge < -0.3 is 10.5 Å². The summed E-state index contributed by atoms with van der Waals surface area (Å²) in [6, 6.07) is -0.145. The maximum Gasteiger partial charge on any atom is 0.0788 e. The van der Waals surface area contributed by atoms with Crippen molar-refractivity contribution in [3.63, 3.8) is 0 Å². The minimum absolute atomic E-state index is 0.0988. The SMILES string of the molecule is CC1CCC(C(N)c2cnccn2)O1. The van der Waals surface area contributed by atoms with Crippen LogP contribution < -0.4 is 5.73 Å². The molecule has 1 aromatic rings. The second-order valence-corrected chi connectivity index (χ2v) is 3.72. The average molecular weight is 193 g/mol. The van der Waals surface area contributed by atoms with Gasteiger partial charge in [-0.2, -0.15) is 0 Å². The minimum Gasteiger partial charge on any atom is -0.373 e. The Bertz CT molecular complexity index is 291. The fourth-order valence-corrected chi connectivity index (χ4v) is 1.77. The molecule has 0 saturated carbocycles. The number of hydrogen-bond donors (Lipinski definition) is 1. The zero-order valence-corrected chi connectivity index (χ0v) is 8.26. The van der Waals surface area contributed by atoms with E-state index in [1.54, 1.807) is 18.6 Å². The van der Waals surface area contributed by atoms with Crippen molar-refractivity contribution in [2.24, 2.45) is 5.73 Å². The Morgan fingerprint density at radius 1 is 1.50 bits per heavy atom. The Kier molecular flexibility index (Phi) is 2.74. The molecule has 2 N–H and O–H groups in total. The highest BCUT2D eigenvalue weighted by atomic mass is 16.5. The van der Waals surface area contributed by atoms with Crippen LogP contribution in [0.1, 0.15) is 31.5 Å². The molecule has 3 atom stereocenters. The first-order chi connectivity index (χ1) is 6.77. The van der Waals surface area contributed by atoms with Crippen molar-refractivity contribution in [1.82, 2.24) is 9.97 Å². The Labute approximate surface area is 83.5 Å². The molecular weight excluding hydrogens is 178 g/mol. The van der Waals surface area contributed by atoms with E-state index in [1.165, 1.54) is 0 Å². The highest BCUT2D eigenvalue weighted by Gasteiger charge is 2.28. The van der Waals surface area contributed by atoms with Crippen LogP contribution in [-0.4, -0.2) is 22.2 Å². The van der Waals surface area contributed by atoms with Crippen molar-refractivity contribution in [3.8, 4) is 0 Å². The summed E-state index contributed by atoms with van der Waals surface area (Å²) < 4.78 is 5.68. The van der Waals surface area contributed by atoms with Gasteiger partial charge in [-0.25, -0.2) is 0 Å². The molecule has 76 valence electrons. The quantitative estimate of drug-likeness (QED) is 0.762. The molecule has 2 heterocycles. The van der Waals surface area contributed by atoms with Crippen LogP contribution in [0, 0.1) is 0 Å². The van der Waals surface area contributed by atoms with Crippen molar-refractivity contribution in [2.45, 2.75) is 38.0 Å². The zero-order chi connectivity index (χ0) is 9.97. The molecule has 1 fully saturated rings. The van der Waals surface area contributed by atoms with E-state index in [9.17, 15) is 0 Å². The normalized spacial score (nSPS) is 29.0. The molecule has 1 aliphatic rings. The molecule has 1 saturated heterocycles. The Balaban J connectivity index is 2.05. The van der Waals surface area contributed by atoms with Crippen LogP contribution in [0.5, 0.6) is 0 Å². The predicted molar refractivity (Wildman–Crippen MR) is 52.5 cm³/mol. The van der Waals surface area contributed by atoms with Crippen molar-refractivity contribution in [2.75, 3.05) is 0 Å². The largest absolute Gasteiger partial charge is 0.373 e. The lowest BCUT2D eigenvalue weighted by molar-refractivity contribution is 0.0392. The van der Waals surface area contributed by atoms with Crippen molar-refractivity contribution in [3.05, 3.63) is 24.3 Å². The fraction of sp³-hybridized carbons (Fsp3) is 0.600. The second-order valence-electron chi connectivity index (χ2n) is 3.72. The Hall–Kier alpha value is -1.00. The topological polar surface area (TPSA) is 61.0 Å². The Morgan fingerprint density at radius 3 is 2.93 bits per heavy atom. The van der Waals surface area contributed by atoms with Crippen LogP contribution in [-0.2, 0) is 4.74 Å². The smallest absolute Gasteiger partial charge is 0.0788 e. The van der Waals surface area contributed by atoms with Crippen molar-refractivity contribution < 1.29 is 4.74 Å².